The van der Waals surface area contributed by atoms with Gasteiger partial charge in [0.1, 0.15) is 0 Å². The monoisotopic (exact) mass is 119 g/mol. The van der Waals surface area contributed by atoms with Crippen molar-refractivity contribution in [3.05, 3.63) is 0 Å². The van der Waals surface area contributed by atoms with Crippen LogP contribution in [-0.2, 0) is 0 Å². The van der Waals surface area contributed by atoms with Gasteiger partial charge in [-0.1, -0.05) is 26.2 Å². The molecule has 0 bridgehead atoms. The Balaban J connectivity index is 0. The Bertz CT molecular complexity index is 27.7. The van der Waals surface area contributed by atoms with Crippen LogP contribution in [0.1, 0.15) is 32.6 Å². The van der Waals surface area contributed by atoms with Crippen molar-refractivity contribution in [2.45, 2.75) is 32.6 Å². The first-order chi connectivity index (χ1) is 3.41. The van der Waals surface area contributed by atoms with Gasteiger partial charge in [-0.25, -0.2) is 0 Å². The fraction of sp³-hybridized carbons (Fsp3) is 1.00. The summed E-state index contributed by atoms with van der Waals surface area (Å²) in [6.45, 7) is 3.07. The number of hydrogen-bond donors (Lipinski definition) is 1. The second kappa shape index (κ2) is 10.0. The van der Waals surface area contributed by atoms with Crippen LogP contribution in [0.4, 0.5) is 0 Å². The second-order valence-corrected chi connectivity index (χ2v) is 1.85. The Morgan fingerprint density at radius 1 is 1.12 bits per heavy atom. The van der Waals surface area contributed by atoms with Crippen molar-refractivity contribution < 1.29 is 5.48 Å². The van der Waals surface area contributed by atoms with Gasteiger partial charge in [0.2, 0.25) is 0 Å². The molecule has 2 heteroatoms. The first-order valence-electron chi connectivity index (χ1n) is 3.12. The smallest absolute Gasteiger partial charge is 0.00773 e. The molecule has 0 unspecified atom stereocenters. The minimum atomic E-state index is 0. The standard InChI is InChI=1S/C6H15N.H2O/c1-2-3-4-5-6-7;/h2-7H2,1H3;1H2. The predicted molar refractivity (Wildman–Crippen MR) is 36.8 cm³/mol. The molecule has 0 atom stereocenters. The van der Waals surface area contributed by atoms with E-state index in [1.54, 1.807) is 0 Å². The van der Waals surface area contributed by atoms with E-state index in [-0.39, 0.29) is 5.48 Å². The molecule has 0 fully saturated rings. The quantitative estimate of drug-likeness (QED) is 0.544. The van der Waals surface area contributed by atoms with Gasteiger partial charge in [0.05, 0.1) is 0 Å². The summed E-state index contributed by atoms with van der Waals surface area (Å²) in [5.41, 5.74) is 5.27. The molecule has 0 aromatic rings. The number of hydrogen-bond acceptors (Lipinski definition) is 1. The molecule has 8 heavy (non-hydrogen) atoms. The van der Waals surface area contributed by atoms with Crippen LogP contribution in [0.2, 0.25) is 0 Å². The van der Waals surface area contributed by atoms with E-state index in [2.05, 4.69) is 6.92 Å². The number of unbranched alkanes of at least 4 members (excludes halogenated alkanes) is 3. The Hall–Kier alpha value is -0.0800. The molecule has 0 aromatic heterocycles. The maximum atomic E-state index is 5.27. The van der Waals surface area contributed by atoms with E-state index in [1.807, 2.05) is 0 Å². The third kappa shape index (κ3) is 9.33. The summed E-state index contributed by atoms with van der Waals surface area (Å²) in [5, 5.41) is 0. The lowest BCUT2D eigenvalue weighted by Gasteiger charge is -1.90. The van der Waals surface area contributed by atoms with Gasteiger partial charge in [-0.3, -0.25) is 0 Å². The highest BCUT2D eigenvalue weighted by atomic mass is 16.0. The van der Waals surface area contributed by atoms with Crippen LogP contribution in [0.5, 0.6) is 0 Å². The van der Waals surface area contributed by atoms with Crippen molar-refractivity contribution in [1.82, 2.24) is 0 Å². The van der Waals surface area contributed by atoms with Gasteiger partial charge in [-0.05, 0) is 13.0 Å². The summed E-state index contributed by atoms with van der Waals surface area (Å²) < 4.78 is 0. The van der Waals surface area contributed by atoms with E-state index in [0.717, 1.165) is 6.54 Å². The molecule has 0 heterocycles. The van der Waals surface area contributed by atoms with Crippen LogP contribution in [-0.4, -0.2) is 12.0 Å². The summed E-state index contributed by atoms with van der Waals surface area (Å²) in [7, 11) is 0. The zero-order valence-electron chi connectivity index (χ0n) is 5.61. The summed E-state index contributed by atoms with van der Waals surface area (Å²) >= 11 is 0. The maximum absolute atomic E-state index is 5.27. The predicted octanol–water partition coefficient (Wildman–Crippen LogP) is 0.701. The molecular formula is C6H17NO. The molecule has 52 valence electrons. The van der Waals surface area contributed by atoms with Crippen molar-refractivity contribution in [1.29, 1.82) is 0 Å². The van der Waals surface area contributed by atoms with Crippen molar-refractivity contribution in [3.8, 4) is 0 Å². The lowest BCUT2D eigenvalue weighted by Crippen LogP contribution is -1.97. The fourth-order valence-electron chi connectivity index (χ4n) is 0.571. The molecule has 0 radical (unpaired) electrons. The average molecular weight is 119 g/mol. The summed E-state index contributed by atoms with van der Waals surface area (Å²) in [5.74, 6) is 0. The van der Waals surface area contributed by atoms with E-state index in [0.29, 0.717) is 0 Å². The van der Waals surface area contributed by atoms with Crippen LogP contribution in [0.25, 0.3) is 0 Å². The second-order valence-electron chi connectivity index (χ2n) is 1.85. The zero-order chi connectivity index (χ0) is 5.54. The lowest BCUT2D eigenvalue weighted by molar-refractivity contribution is 0.674. The molecule has 0 amide bonds. The van der Waals surface area contributed by atoms with Gasteiger partial charge >= 0.3 is 0 Å². The average Bonchev–Trinajstić information content (AvgIpc) is 1.69. The van der Waals surface area contributed by atoms with Gasteiger partial charge in [-0.2, -0.15) is 0 Å². The van der Waals surface area contributed by atoms with E-state index in [1.165, 1.54) is 25.7 Å². The normalized spacial score (nSPS) is 8.25. The molecule has 0 saturated heterocycles. The third-order valence-corrected chi connectivity index (χ3v) is 1.06. The van der Waals surface area contributed by atoms with Crippen molar-refractivity contribution in [3.63, 3.8) is 0 Å². The van der Waals surface area contributed by atoms with Crippen LogP contribution < -0.4 is 5.73 Å². The Kier molecular flexibility index (Phi) is 13.6. The first kappa shape index (κ1) is 10.8. The molecule has 0 aliphatic carbocycles. The molecule has 0 rings (SSSR count). The highest BCUT2D eigenvalue weighted by Gasteiger charge is 1.80. The maximum Gasteiger partial charge on any atom is -0.00773 e. The van der Waals surface area contributed by atoms with E-state index in [4.69, 9.17) is 5.73 Å². The van der Waals surface area contributed by atoms with Crippen LogP contribution in [0, 0.1) is 0 Å². The number of nitrogens with two attached hydrogens (primary N) is 1. The van der Waals surface area contributed by atoms with E-state index < -0.39 is 0 Å². The molecule has 2 nitrogen and oxygen atoms in total. The topological polar surface area (TPSA) is 57.5 Å². The first-order valence-corrected chi connectivity index (χ1v) is 3.12. The molecule has 4 N–H and O–H groups in total. The minimum Gasteiger partial charge on any atom is -0.412 e. The van der Waals surface area contributed by atoms with Crippen LogP contribution >= 0.6 is 0 Å². The largest absolute Gasteiger partial charge is 0.412 e. The van der Waals surface area contributed by atoms with Crippen molar-refractivity contribution in [2.24, 2.45) is 5.73 Å². The van der Waals surface area contributed by atoms with Crippen molar-refractivity contribution in [2.75, 3.05) is 6.54 Å². The molecule has 0 aromatic carbocycles. The molecule has 0 spiro atoms. The third-order valence-electron chi connectivity index (χ3n) is 1.06. The van der Waals surface area contributed by atoms with Gasteiger partial charge in [0, 0.05) is 0 Å². The highest BCUT2D eigenvalue weighted by molar-refractivity contribution is 4.38. The van der Waals surface area contributed by atoms with Crippen LogP contribution in [0.15, 0.2) is 0 Å². The van der Waals surface area contributed by atoms with Crippen LogP contribution in [0.3, 0.4) is 0 Å². The van der Waals surface area contributed by atoms with Gasteiger partial charge in [-0.15, -0.1) is 0 Å². The summed E-state index contributed by atoms with van der Waals surface area (Å²) in [4.78, 5) is 0. The Morgan fingerprint density at radius 2 is 1.75 bits per heavy atom. The minimum absolute atomic E-state index is 0. The van der Waals surface area contributed by atoms with Gasteiger partial charge in [0.15, 0.2) is 0 Å². The summed E-state index contributed by atoms with van der Waals surface area (Å²) in [6, 6.07) is 0. The number of rotatable bonds is 4. The van der Waals surface area contributed by atoms with E-state index >= 15 is 0 Å². The van der Waals surface area contributed by atoms with E-state index in [9.17, 15) is 0 Å². The highest BCUT2D eigenvalue weighted by Crippen LogP contribution is 1.95. The Labute approximate surface area is 51.4 Å². The van der Waals surface area contributed by atoms with Gasteiger partial charge in [0.25, 0.3) is 0 Å². The Morgan fingerprint density at radius 3 is 2.12 bits per heavy atom. The molecule has 0 aliphatic rings. The summed E-state index contributed by atoms with van der Waals surface area (Å²) in [6.07, 6.45) is 5.16. The SMILES string of the molecule is CCCCCCN.O. The fourth-order valence-corrected chi connectivity index (χ4v) is 0.571. The molecule has 0 aliphatic heterocycles. The zero-order valence-corrected chi connectivity index (χ0v) is 5.61. The lowest BCUT2D eigenvalue weighted by atomic mass is 10.2. The van der Waals surface area contributed by atoms with Crippen molar-refractivity contribution >= 4 is 0 Å². The molecule has 0 saturated carbocycles. The van der Waals surface area contributed by atoms with Gasteiger partial charge < -0.3 is 11.2 Å². The molecular weight excluding hydrogens is 102 g/mol.